The number of hydrogen-bond donors (Lipinski definition) is 1. The molecule has 6 heteroatoms. The Labute approximate surface area is 138 Å². The molecule has 0 aliphatic rings. The lowest BCUT2D eigenvalue weighted by atomic mass is 10.3. The molecule has 0 spiro atoms. The van der Waals surface area contributed by atoms with Crippen LogP contribution in [0.15, 0.2) is 48.5 Å². The van der Waals surface area contributed by atoms with Crippen molar-refractivity contribution < 1.29 is 14.6 Å². The van der Waals surface area contributed by atoms with Crippen LogP contribution in [0.25, 0.3) is 11.0 Å². The molecule has 3 rings (SSSR count). The van der Waals surface area contributed by atoms with Crippen LogP contribution in [-0.2, 0) is 0 Å². The highest BCUT2D eigenvalue weighted by atomic mass is 35.5. The monoisotopic (exact) mass is 330 g/mol. The first-order valence-electron chi connectivity index (χ1n) is 7.13. The normalized spacial score (nSPS) is 12.3. The number of hydrogen-bond acceptors (Lipinski definition) is 4. The Bertz CT molecular complexity index is 841. The zero-order valence-electron chi connectivity index (χ0n) is 12.4. The number of aliphatic hydroxyl groups excluding tert-OH is 1. The van der Waals surface area contributed by atoms with Crippen molar-refractivity contribution in [1.29, 1.82) is 0 Å². The maximum absolute atomic E-state index is 12.5. The number of fused-ring (bicyclic) bond motifs is 1. The molecule has 0 radical (unpaired) electrons. The van der Waals surface area contributed by atoms with E-state index in [-0.39, 0.29) is 12.5 Å². The number of benzene rings is 2. The first-order chi connectivity index (χ1) is 11.1. The largest absolute Gasteiger partial charge is 0.484 e. The molecule has 0 bridgehead atoms. The smallest absolute Gasteiger partial charge is 0.270 e. The summed E-state index contributed by atoms with van der Waals surface area (Å²) in [6.45, 7) is 1.41. The molecule has 1 N–H and O–H groups in total. The number of carbonyl (C=O) groups is 1. The lowest BCUT2D eigenvalue weighted by molar-refractivity contribution is 0.0822. The maximum Gasteiger partial charge on any atom is 0.270 e. The van der Waals surface area contributed by atoms with Crippen LogP contribution in [0.5, 0.6) is 5.75 Å². The van der Waals surface area contributed by atoms with Crippen LogP contribution in [0.2, 0.25) is 5.02 Å². The van der Waals surface area contributed by atoms with E-state index in [2.05, 4.69) is 4.98 Å². The van der Waals surface area contributed by atoms with Gasteiger partial charge in [-0.2, -0.15) is 0 Å². The molecule has 1 atom stereocenters. The van der Waals surface area contributed by atoms with Gasteiger partial charge >= 0.3 is 0 Å². The Morgan fingerprint density at radius 1 is 1.26 bits per heavy atom. The molecule has 1 aromatic heterocycles. The van der Waals surface area contributed by atoms with E-state index in [4.69, 9.17) is 16.3 Å². The summed E-state index contributed by atoms with van der Waals surface area (Å²) < 4.78 is 6.89. The first-order valence-corrected chi connectivity index (χ1v) is 7.51. The Kier molecular flexibility index (Phi) is 4.32. The molecule has 23 heavy (non-hydrogen) atoms. The van der Waals surface area contributed by atoms with Crippen molar-refractivity contribution in [2.45, 2.75) is 13.0 Å². The third-order valence-electron chi connectivity index (χ3n) is 3.39. The van der Waals surface area contributed by atoms with E-state index >= 15 is 0 Å². The summed E-state index contributed by atoms with van der Waals surface area (Å²) in [5, 5.41) is 10.5. The Balaban J connectivity index is 1.88. The van der Waals surface area contributed by atoms with Crippen LogP contribution in [0.3, 0.4) is 0 Å². The molecule has 0 saturated heterocycles. The zero-order chi connectivity index (χ0) is 16.4. The van der Waals surface area contributed by atoms with E-state index in [1.807, 2.05) is 12.1 Å². The van der Waals surface area contributed by atoms with Gasteiger partial charge in [-0.15, -0.1) is 0 Å². The van der Waals surface area contributed by atoms with Crippen LogP contribution in [-0.4, -0.2) is 27.2 Å². The Morgan fingerprint density at radius 2 is 1.96 bits per heavy atom. The molecule has 0 aliphatic heterocycles. The zero-order valence-corrected chi connectivity index (χ0v) is 13.2. The molecule has 5 nitrogen and oxygen atoms in total. The van der Waals surface area contributed by atoms with Crippen molar-refractivity contribution in [3.05, 3.63) is 59.4 Å². The predicted molar refractivity (Wildman–Crippen MR) is 87.9 cm³/mol. The van der Waals surface area contributed by atoms with E-state index in [0.29, 0.717) is 27.6 Å². The molecule has 0 amide bonds. The van der Waals surface area contributed by atoms with E-state index in [9.17, 15) is 9.90 Å². The number of carbonyl (C=O) groups excluding carboxylic acids is 1. The summed E-state index contributed by atoms with van der Waals surface area (Å²) in [5.41, 5.74) is 1.30. The van der Waals surface area contributed by atoms with Crippen molar-refractivity contribution in [2.75, 3.05) is 6.61 Å². The molecule has 118 valence electrons. The highest BCUT2D eigenvalue weighted by Gasteiger charge is 2.20. The van der Waals surface area contributed by atoms with Gasteiger partial charge in [-0.25, -0.2) is 4.98 Å². The minimum absolute atomic E-state index is 0.165. The fourth-order valence-electron chi connectivity index (χ4n) is 2.33. The summed E-state index contributed by atoms with van der Waals surface area (Å²) in [4.78, 5) is 16.9. The Hall–Kier alpha value is -2.37. The topological polar surface area (TPSA) is 64.4 Å². The number of halogens is 1. The molecular weight excluding hydrogens is 316 g/mol. The fraction of sp³-hybridized carbons (Fsp3) is 0.176. The van der Waals surface area contributed by atoms with E-state index in [0.717, 1.165) is 0 Å². The van der Waals surface area contributed by atoms with Crippen LogP contribution < -0.4 is 4.74 Å². The molecule has 0 fully saturated rings. The number of imidazole rings is 1. The van der Waals surface area contributed by atoms with Crippen LogP contribution in [0.1, 0.15) is 23.6 Å². The van der Waals surface area contributed by atoms with Crippen LogP contribution >= 0.6 is 11.6 Å². The molecule has 3 aromatic rings. The quantitative estimate of drug-likeness (QED) is 0.795. The number of nitrogens with zero attached hydrogens (tertiary/aromatic N) is 2. The van der Waals surface area contributed by atoms with Gasteiger partial charge in [-0.1, -0.05) is 23.7 Å². The lowest BCUT2D eigenvalue weighted by Gasteiger charge is -2.10. The van der Waals surface area contributed by atoms with Gasteiger partial charge in [0.25, 0.3) is 5.91 Å². The third-order valence-corrected chi connectivity index (χ3v) is 3.64. The molecule has 0 saturated carbocycles. The fourth-order valence-corrected chi connectivity index (χ4v) is 2.45. The highest BCUT2D eigenvalue weighted by molar-refractivity contribution is 6.30. The molecule has 0 aliphatic carbocycles. The van der Waals surface area contributed by atoms with Crippen LogP contribution in [0, 0.1) is 0 Å². The van der Waals surface area contributed by atoms with Crippen molar-refractivity contribution in [3.63, 3.8) is 0 Å². The summed E-state index contributed by atoms with van der Waals surface area (Å²) in [5.74, 6) is 0.547. The minimum atomic E-state index is -0.859. The van der Waals surface area contributed by atoms with Crippen LogP contribution in [0.4, 0.5) is 0 Å². The SMILES string of the molecule is C[C@H](O)c1nc2ccccc2n1C(=O)COc1ccc(Cl)cc1. The van der Waals surface area contributed by atoms with E-state index in [1.54, 1.807) is 43.3 Å². The Morgan fingerprint density at radius 3 is 2.65 bits per heavy atom. The summed E-state index contributed by atoms with van der Waals surface area (Å²) >= 11 is 5.81. The average molecular weight is 331 g/mol. The van der Waals surface area contributed by atoms with Gasteiger partial charge in [0, 0.05) is 5.02 Å². The number of aliphatic hydroxyl groups is 1. The molecule has 0 unspecified atom stereocenters. The number of ether oxygens (including phenoxy) is 1. The van der Waals surface area contributed by atoms with Crippen molar-refractivity contribution in [3.8, 4) is 5.75 Å². The van der Waals surface area contributed by atoms with Gasteiger partial charge in [0.05, 0.1) is 11.0 Å². The maximum atomic E-state index is 12.5. The van der Waals surface area contributed by atoms with E-state index < -0.39 is 6.10 Å². The van der Waals surface area contributed by atoms with Gasteiger partial charge in [-0.05, 0) is 43.3 Å². The highest BCUT2D eigenvalue weighted by Crippen LogP contribution is 2.21. The predicted octanol–water partition coefficient (Wildman–Crippen LogP) is 3.46. The summed E-state index contributed by atoms with van der Waals surface area (Å²) in [6.07, 6.45) is -0.859. The first kappa shape index (κ1) is 15.5. The van der Waals surface area contributed by atoms with Crippen molar-refractivity contribution in [1.82, 2.24) is 9.55 Å². The molecule has 2 aromatic carbocycles. The lowest BCUT2D eigenvalue weighted by Crippen LogP contribution is -2.22. The van der Waals surface area contributed by atoms with Crippen molar-refractivity contribution in [2.24, 2.45) is 0 Å². The number of aromatic nitrogens is 2. The second-order valence-electron chi connectivity index (χ2n) is 5.11. The van der Waals surface area contributed by atoms with Gasteiger partial charge < -0.3 is 9.84 Å². The molecule has 1 heterocycles. The molecular formula is C17H15ClN2O3. The third kappa shape index (κ3) is 3.21. The van der Waals surface area contributed by atoms with Gasteiger partial charge in [-0.3, -0.25) is 9.36 Å². The number of rotatable bonds is 4. The van der Waals surface area contributed by atoms with Crippen molar-refractivity contribution >= 4 is 28.5 Å². The standard InChI is InChI=1S/C17H15ClN2O3/c1-11(21)17-19-14-4-2-3-5-15(14)20(17)16(22)10-23-13-8-6-12(18)7-9-13/h2-9,11,21H,10H2,1H3/t11-/m0/s1. The average Bonchev–Trinajstić information content (AvgIpc) is 2.94. The summed E-state index contributed by atoms with van der Waals surface area (Å²) in [6, 6.07) is 14.0. The number of para-hydroxylation sites is 2. The van der Waals surface area contributed by atoms with Gasteiger partial charge in [0.15, 0.2) is 6.61 Å². The second-order valence-corrected chi connectivity index (χ2v) is 5.54. The minimum Gasteiger partial charge on any atom is -0.484 e. The van der Waals surface area contributed by atoms with E-state index in [1.165, 1.54) is 4.57 Å². The summed E-state index contributed by atoms with van der Waals surface area (Å²) in [7, 11) is 0. The second kappa shape index (κ2) is 6.40. The van der Waals surface area contributed by atoms with Gasteiger partial charge in [0.1, 0.15) is 17.7 Å². The van der Waals surface area contributed by atoms with Gasteiger partial charge in [0.2, 0.25) is 0 Å².